The van der Waals surface area contributed by atoms with Gasteiger partial charge in [-0.25, -0.2) is 0 Å². The predicted octanol–water partition coefficient (Wildman–Crippen LogP) is 3.36. The molecule has 2 unspecified atom stereocenters. The maximum absolute atomic E-state index is 5.97. The second-order valence-corrected chi connectivity index (χ2v) is 6.41. The van der Waals surface area contributed by atoms with E-state index >= 15 is 0 Å². The average molecular weight is 276 g/mol. The van der Waals surface area contributed by atoms with Crippen molar-refractivity contribution >= 4 is 5.69 Å². The van der Waals surface area contributed by atoms with Gasteiger partial charge in [-0.05, 0) is 51.9 Å². The normalized spacial score (nSPS) is 23.6. The van der Waals surface area contributed by atoms with Crippen molar-refractivity contribution in [2.75, 3.05) is 25.0 Å². The lowest BCUT2D eigenvalue weighted by atomic mass is 10.0. The van der Waals surface area contributed by atoms with E-state index in [1.165, 1.54) is 11.3 Å². The van der Waals surface area contributed by atoms with Crippen molar-refractivity contribution in [3.63, 3.8) is 0 Å². The Morgan fingerprint density at radius 2 is 2.00 bits per heavy atom. The molecule has 2 atom stereocenters. The highest BCUT2D eigenvalue weighted by Gasteiger charge is 2.31. The summed E-state index contributed by atoms with van der Waals surface area (Å²) in [7, 11) is 2.02. The van der Waals surface area contributed by atoms with Gasteiger partial charge in [0.05, 0.1) is 11.7 Å². The zero-order valence-corrected chi connectivity index (χ0v) is 13.4. The minimum absolute atomic E-state index is 0.0761. The fraction of sp³-hybridized carbons (Fsp3) is 0.647. The lowest BCUT2D eigenvalue weighted by Gasteiger charge is -2.43. The molecule has 1 aliphatic heterocycles. The largest absolute Gasteiger partial charge is 0.369 e. The second kappa shape index (κ2) is 6.15. The Morgan fingerprint density at radius 1 is 1.35 bits per heavy atom. The minimum atomic E-state index is -0.0761. The number of ether oxygens (including phenoxy) is 1. The SMILES string of the molecule is CCC(NC)c1ccc(N2CC(C)OC(C)(C)C2)cc1. The molecule has 1 heterocycles. The number of anilines is 1. The Morgan fingerprint density at radius 3 is 2.50 bits per heavy atom. The monoisotopic (exact) mass is 276 g/mol. The summed E-state index contributed by atoms with van der Waals surface area (Å²) in [5.41, 5.74) is 2.58. The van der Waals surface area contributed by atoms with Gasteiger partial charge in [-0.2, -0.15) is 0 Å². The van der Waals surface area contributed by atoms with Gasteiger partial charge in [-0.1, -0.05) is 19.1 Å². The van der Waals surface area contributed by atoms with Gasteiger partial charge in [0.15, 0.2) is 0 Å². The Hall–Kier alpha value is -1.06. The van der Waals surface area contributed by atoms with Crippen molar-refractivity contribution < 1.29 is 4.74 Å². The molecular weight excluding hydrogens is 248 g/mol. The molecule has 1 N–H and O–H groups in total. The molecule has 1 aromatic rings. The van der Waals surface area contributed by atoms with Gasteiger partial charge in [0.1, 0.15) is 0 Å². The van der Waals surface area contributed by atoms with Gasteiger partial charge < -0.3 is 15.0 Å². The van der Waals surface area contributed by atoms with Gasteiger partial charge in [0.2, 0.25) is 0 Å². The molecule has 1 fully saturated rings. The van der Waals surface area contributed by atoms with Crippen LogP contribution in [0.1, 0.15) is 45.7 Å². The van der Waals surface area contributed by atoms with Crippen LogP contribution in [0.25, 0.3) is 0 Å². The number of rotatable bonds is 4. The number of morpholine rings is 1. The molecule has 3 heteroatoms. The van der Waals surface area contributed by atoms with Gasteiger partial charge in [0.25, 0.3) is 0 Å². The molecule has 3 nitrogen and oxygen atoms in total. The summed E-state index contributed by atoms with van der Waals surface area (Å²) < 4.78 is 5.97. The maximum atomic E-state index is 5.97. The van der Waals surface area contributed by atoms with Crippen LogP contribution in [0.3, 0.4) is 0 Å². The third-order valence-electron chi connectivity index (χ3n) is 3.99. The van der Waals surface area contributed by atoms with E-state index in [1.807, 2.05) is 7.05 Å². The van der Waals surface area contributed by atoms with E-state index in [4.69, 9.17) is 4.74 Å². The van der Waals surface area contributed by atoms with Crippen molar-refractivity contribution in [3.05, 3.63) is 29.8 Å². The van der Waals surface area contributed by atoms with Crippen molar-refractivity contribution in [1.29, 1.82) is 0 Å². The van der Waals surface area contributed by atoms with E-state index in [0.29, 0.717) is 6.04 Å². The van der Waals surface area contributed by atoms with Crippen LogP contribution >= 0.6 is 0 Å². The zero-order chi connectivity index (χ0) is 14.8. The molecule has 0 radical (unpaired) electrons. The number of hydrogen-bond acceptors (Lipinski definition) is 3. The van der Waals surface area contributed by atoms with Crippen LogP contribution in [0.4, 0.5) is 5.69 Å². The number of nitrogens with one attached hydrogen (secondary N) is 1. The Bertz CT molecular complexity index is 423. The van der Waals surface area contributed by atoms with Crippen LogP contribution in [-0.2, 0) is 4.74 Å². The lowest BCUT2D eigenvalue weighted by molar-refractivity contribution is -0.0749. The van der Waals surface area contributed by atoms with Crippen LogP contribution in [0.2, 0.25) is 0 Å². The Labute approximate surface area is 123 Å². The first-order chi connectivity index (χ1) is 9.45. The van der Waals surface area contributed by atoms with E-state index in [9.17, 15) is 0 Å². The summed E-state index contributed by atoms with van der Waals surface area (Å²) in [6.45, 7) is 10.6. The number of benzene rings is 1. The first kappa shape index (κ1) is 15.3. The van der Waals surface area contributed by atoms with Crippen LogP contribution in [0, 0.1) is 0 Å². The maximum Gasteiger partial charge on any atom is 0.0805 e. The van der Waals surface area contributed by atoms with Gasteiger partial charge in [-0.15, -0.1) is 0 Å². The summed E-state index contributed by atoms with van der Waals surface area (Å²) in [4.78, 5) is 2.43. The topological polar surface area (TPSA) is 24.5 Å². The molecular formula is C17H28N2O. The van der Waals surface area contributed by atoms with Crippen LogP contribution in [0.5, 0.6) is 0 Å². The molecule has 0 bridgehead atoms. The highest BCUT2D eigenvalue weighted by Crippen LogP contribution is 2.27. The second-order valence-electron chi connectivity index (χ2n) is 6.41. The van der Waals surface area contributed by atoms with Gasteiger partial charge >= 0.3 is 0 Å². The molecule has 0 spiro atoms. The summed E-state index contributed by atoms with van der Waals surface area (Å²) >= 11 is 0. The molecule has 0 saturated carbocycles. The standard InChI is InChI=1S/C17H28N2O/c1-6-16(18-5)14-7-9-15(10-8-14)19-11-13(2)20-17(3,4)12-19/h7-10,13,16,18H,6,11-12H2,1-5H3. The quantitative estimate of drug-likeness (QED) is 0.912. The average Bonchev–Trinajstić information content (AvgIpc) is 2.38. The number of nitrogens with zero attached hydrogens (tertiary/aromatic N) is 1. The summed E-state index contributed by atoms with van der Waals surface area (Å²) in [5, 5.41) is 3.35. The molecule has 20 heavy (non-hydrogen) atoms. The summed E-state index contributed by atoms with van der Waals surface area (Å²) in [5.74, 6) is 0. The van der Waals surface area contributed by atoms with Crippen molar-refractivity contribution in [3.8, 4) is 0 Å². The Balaban J connectivity index is 2.13. The molecule has 1 aliphatic rings. The first-order valence-corrected chi connectivity index (χ1v) is 7.65. The predicted molar refractivity (Wildman–Crippen MR) is 85.4 cm³/mol. The van der Waals surface area contributed by atoms with E-state index in [2.05, 4.69) is 62.2 Å². The lowest BCUT2D eigenvalue weighted by Crippen LogP contribution is -2.52. The van der Waals surface area contributed by atoms with Crippen molar-refractivity contribution in [1.82, 2.24) is 5.32 Å². The molecule has 0 aliphatic carbocycles. The molecule has 1 saturated heterocycles. The van der Waals surface area contributed by atoms with E-state index in [1.54, 1.807) is 0 Å². The fourth-order valence-corrected chi connectivity index (χ4v) is 3.17. The van der Waals surface area contributed by atoms with Gasteiger partial charge in [-0.3, -0.25) is 0 Å². The molecule has 0 amide bonds. The van der Waals surface area contributed by atoms with Crippen LogP contribution < -0.4 is 10.2 Å². The third-order valence-corrected chi connectivity index (χ3v) is 3.99. The minimum Gasteiger partial charge on any atom is -0.369 e. The molecule has 2 rings (SSSR count). The summed E-state index contributed by atoms with van der Waals surface area (Å²) in [6, 6.07) is 9.41. The van der Waals surface area contributed by atoms with E-state index in [-0.39, 0.29) is 11.7 Å². The highest BCUT2D eigenvalue weighted by atomic mass is 16.5. The summed E-state index contributed by atoms with van der Waals surface area (Å²) in [6.07, 6.45) is 1.39. The van der Waals surface area contributed by atoms with Crippen molar-refractivity contribution in [2.45, 2.75) is 51.9 Å². The first-order valence-electron chi connectivity index (χ1n) is 7.65. The third kappa shape index (κ3) is 3.53. The van der Waals surface area contributed by atoms with Gasteiger partial charge in [0, 0.05) is 24.8 Å². The smallest absolute Gasteiger partial charge is 0.0805 e. The van der Waals surface area contributed by atoms with E-state index in [0.717, 1.165) is 19.5 Å². The molecule has 0 aromatic heterocycles. The van der Waals surface area contributed by atoms with Crippen LogP contribution in [0.15, 0.2) is 24.3 Å². The van der Waals surface area contributed by atoms with E-state index < -0.39 is 0 Å². The Kier molecular flexibility index (Phi) is 4.71. The molecule has 1 aromatic carbocycles. The molecule has 112 valence electrons. The fourth-order valence-electron chi connectivity index (χ4n) is 3.17. The van der Waals surface area contributed by atoms with Crippen molar-refractivity contribution in [2.24, 2.45) is 0 Å². The van der Waals surface area contributed by atoms with Crippen LogP contribution in [-0.4, -0.2) is 31.8 Å². The zero-order valence-electron chi connectivity index (χ0n) is 13.4. The highest BCUT2D eigenvalue weighted by molar-refractivity contribution is 5.49. The number of hydrogen-bond donors (Lipinski definition) is 1.